The maximum Gasteiger partial charge on any atom is 0.407 e. The second-order valence-corrected chi connectivity index (χ2v) is 21.6. The smallest absolute Gasteiger partial charge is 0.407 e. The number of fused-ring (bicyclic) bond motifs is 5. The first-order chi connectivity index (χ1) is 40.4. The number of hydrogen-bond donors (Lipinski definition) is 9. The number of imide groups is 1. The zero-order valence-corrected chi connectivity index (χ0v) is 47.4. The maximum absolute atomic E-state index is 15.5. The standard InChI is InChI=1S/C57H67F2N11O15/c1-6-57(82)34-21-40-48-32(23-69(40)53(78)33(34)26-84-54(57)79)45-36(14-13-31-44(45)39(65-48)22-35(58)46(31)59)67-56(81)85-25-29-9-11-30(12-10-29)63-49(74)37(8-7-17-62-55(60)80)66-51(76)47(27(2)3)68-50(75)38(15-18-61-41(71)16-19-83-5)64-42(72)24-70-43(73)20-28(4)52(70)77/h9-12,21-22,27-28,36-38,47,82H,6-8,13-20,23-26H2,1-5H3,(H,61,71)(H,63,74)(H,64,72)(H,66,76)(H,67,81)(H,68,75)(H3,60,62,80)/t28?,36-,37-,38-,47-,57-/m0/s1. The van der Waals surface area contributed by atoms with Crippen molar-refractivity contribution in [2.24, 2.45) is 17.6 Å². The minimum Gasteiger partial charge on any atom is -0.458 e. The fourth-order valence-corrected chi connectivity index (χ4v) is 10.9. The highest BCUT2D eigenvalue weighted by Crippen LogP contribution is 2.46. The molecule has 4 aliphatic rings. The van der Waals surface area contributed by atoms with Crippen molar-refractivity contribution in [3.8, 4) is 11.4 Å². The zero-order valence-electron chi connectivity index (χ0n) is 47.4. The summed E-state index contributed by atoms with van der Waals surface area (Å²) in [5, 5.41) is 30.1. The number of aryl methyl sites for hydroxylation is 1. The Morgan fingerprint density at radius 2 is 1.64 bits per heavy atom. The summed E-state index contributed by atoms with van der Waals surface area (Å²) < 4.78 is 47.7. The number of cyclic esters (lactones) is 1. The second kappa shape index (κ2) is 26.3. The number of likely N-dealkylation sites (tertiary alicyclic amines) is 1. The van der Waals surface area contributed by atoms with Gasteiger partial charge in [0.15, 0.2) is 17.2 Å². The molecule has 3 aliphatic heterocycles. The van der Waals surface area contributed by atoms with Crippen molar-refractivity contribution in [1.82, 2.24) is 46.4 Å². The maximum atomic E-state index is 15.5. The number of urea groups is 1. The van der Waals surface area contributed by atoms with Crippen molar-refractivity contribution < 1.29 is 76.0 Å². The van der Waals surface area contributed by atoms with Gasteiger partial charge in [0, 0.05) is 72.8 Å². The van der Waals surface area contributed by atoms with Crippen LogP contribution in [0.1, 0.15) is 112 Å². The van der Waals surface area contributed by atoms with Gasteiger partial charge in [-0.05, 0) is 73.8 Å². The van der Waals surface area contributed by atoms with Crippen LogP contribution in [0, 0.1) is 23.5 Å². The van der Waals surface area contributed by atoms with Crippen LogP contribution in [0.2, 0.25) is 0 Å². The number of hydrogen-bond acceptors (Lipinski definition) is 16. The van der Waals surface area contributed by atoms with Crippen LogP contribution in [-0.2, 0) is 84.3 Å². The molecule has 4 aromatic rings. The number of nitrogens with two attached hydrogens (primary N) is 1. The number of aliphatic hydroxyl groups is 1. The number of anilines is 1. The molecule has 6 atom stereocenters. The van der Waals surface area contributed by atoms with E-state index < -0.39 is 125 Å². The third-order valence-corrected chi connectivity index (χ3v) is 15.5. The van der Waals surface area contributed by atoms with Crippen LogP contribution in [0.3, 0.4) is 0 Å². The van der Waals surface area contributed by atoms with E-state index in [0.29, 0.717) is 16.7 Å². The first-order valence-corrected chi connectivity index (χ1v) is 27.8. The summed E-state index contributed by atoms with van der Waals surface area (Å²) >= 11 is 0. The fraction of sp³-hybridized carbons (Fsp3) is 0.474. The van der Waals surface area contributed by atoms with Crippen LogP contribution >= 0.6 is 0 Å². The van der Waals surface area contributed by atoms with Gasteiger partial charge in [-0.25, -0.2) is 28.1 Å². The third kappa shape index (κ3) is 13.5. The number of methoxy groups -OCH3 is 1. The average molecular weight is 1180 g/mol. The number of benzene rings is 2. The van der Waals surface area contributed by atoms with Gasteiger partial charge in [0.25, 0.3) is 5.56 Å². The molecule has 28 heteroatoms. The molecule has 26 nitrogen and oxygen atoms in total. The number of nitrogens with zero attached hydrogens (tertiary/aromatic N) is 3. The highest BCUT2D eigenvalue weighted by atomic mass is 19.2. The van der Waals surface area contributed by atoms with E-state index in [1.165, 1.54) is 29.9 Å². The van der Waals surface area contributed by atoms with Gasteiger partial charge in [0.05, 0.1) is 41.7 Å². The van der Waals surface area contributed by atoms with Gasteiger partial charge in [-0.2, -0.15) is 0 Å². The Labute approximate surface area is 485 Å². The number of alkyl carbamates (subject to hydrolysis) is 1. The van der Waals surface area contributed by atoms with Crippen molar-refractivity contribution in [3.63, 3.8) is 0 Å². The molecule has 2 aromatic heterocycles. The van der Waals surface area contributed by atoms with Crippen molar-refractivity contribution in [3.05, 3.63) is 91.8 Å². The van der Waals surface area contributed by atoms with Gasteiger partial charge in [0.2, 0.25) is 41.4 Å². The number of primary amides is 1. The monoisotopic (exact) mass is 1180 g/mol. The van der Waals surface area contributed by atoms with E-state index in [1.54, 1.807) is 39.8 Å². The Balaban J connectivity index is 0.927. The summed E-state index contributed by atoms with van der Waals surface area (Å²) in [6.07, 6.45) is -0.995. The lowest BCUT2D eigenvalue weighted by Crippen LogP contribution is -2.58. The van der Waals surface area contributed by atoms with Crippen LogP contribution in [0.4, 0.5) is 24.1 Å². The van der Waals surface area contributed by atoms with E-state index >= 15 is 8.78 Å². The first-order valence-electron chi connectivity index (χ1n) is 27.8. The molecule has 0 spiro atoms. The SMILES string of the molecule is CC[C@@]1(O)C(=O)OCc2c1cc1n(c2=O)Cc2c-1nc1cc(F)c(F)c3c1c2[C@@H](NC(=O)OCc1ccc(NC(=O)[C@H](CCCNC(N)=O)NC(=O)[C@@H](NC(=O)[C@H](CCNC(=O)CCOC)NC(=O)CN2C(=O)CC(C)C2=O)C(C)C)cc1)CC3. The molecule has 5 heterocycles. The number of nitrogens with one attached hydrogen (secondary N) is 7. The van der Waals surface area contributed by atoms with E-state index in [0.717, 1.165) is 11.0 Å². The quantitative estimate of drug-likeness (QED) is 0.0241. The molecular formula is C57H67F2N11O15. The summed E-state index contributed by atoms with van der Waals surface area (Å²) in [5.41, 5.74) is 4.81. The van der Waals surface area contributed by atoms with Gasteiger partial charge >= 0.3 is 18.1 Å². The van der Waals surface area contributed by atoms with E-state index in [9.17, 15) is 57.8 Å². The summed E-state index contributed by atoms with van der Waals surface area (Å²) in [6.45, 7) is 5.00. The largest absolute Gasteiger partial charge is 0.458 e. The fourth-order valence-electron chi connectivity index (χ4n) is 10.9. The van der Waals surface area contributed by atoms with E-state index in [-0.39, 0.29) is 135 Å². The van der Waals surface area contributed by atoms with Crippen molar-refractivity contribution in [2.75, 3.05) is 38.7 Å². The van der Waals surface area contributed by atoms with Crippen LogP contribution in [0.15, 0.2) is 41.2 Å². The van der Waals surface area contributed by atoms with Gasteiger partial charge in [-0.1, -0.05) is 39.8 Å². The Morgan fingerprint density at radius 1 is 0.906 bits per heavy atom. The van der Waals surface area contributed by atoms with Crippen LogP contribution in [0.25, 0.3) is 22.3 Å². The molecule has 0 radical (unpaired) electrons. The number of carbonyl (C=O) groups excluding carboxylic acids is 10. The minimum atomic E-state index is -2.12. The van der Waals surface area contributed by atoms with E-state index in [2.05, 4.69) is 42.2 Å². The van der Waals surface area contributed by atoms with Crippen molar-refractivity contribution in [1.29, 1.82) is 0 Å². The lowest BCUT2D eigenvalue weighted by Gasteiger charge is -2.31. The number of rotatable bonds is 24. The van der Waals surface area contributed by atoms with Gasteiger partial charge in [0.1, 0.15) is 37.9 Å². The number of esters is 1. The van der Waals surface area contributed by atoms with E-state index in [4.69, 9.17) is 19.9 Å². The zero-order chi connectivity index (χ0) is 61.6. The number of ether oxygens (including phenoxy) is 3. The number of aromatic nitrogens is 2. The second-order valence-electron chi connectivity index (χ2n) is 21.6. The predicted octanol–water partition coefficient (Wildman–Crippen LogP) is 1.71. The van der Waals surface area contributed by atoms with Crippen molar-refractivity contribution in [2.45, 2.75) is 129 Å². The highest BCUT2D eigenvalue weighted by Gasteiger charge is 2.46. The van der Waals surface area contributed by atoms with Crippen LogP contribution in [0.5, 0.6) is 0 Å². The molecule has 0 saturated carbocycles. The predicted molar refractivity (Wildman–Crippen MR) is 296 cm³/mol. The molecule has 0 bridgehead atoms. The Kier molecular flexibility index (Phi) is 19.3. The Morgan fingerprint density at radius 3 is 2.31 bits per heavy atom. The van der Waals surface area contributed by atoms with Crippen LogP contribution < -0.4 is 48.5 Å². The molecular weight excluding hydrogens is 1120 g/mol. The summed E-state index contributed by atoms with van der Waals surface area (Å²) in [6, 6.07) is 2.93. The van der Waals surface area contributed by atoms with Gasteiger partial charge in [-0.3, -0.25) is 43.3 Å². The van der Waals surface area contributed by atoms with Gasteiger partial charge in [-0.15, -0.1) is 0 Å². The van der Waals surface area contributed by atoms with E-state index in [1.807, 2.05) is 0 Å². The normalized spacial score (nSPS) is 18.5. The average Bonchev–Trinajstić information content (AvgIpc) is 1.70. The first kappa shape index (κ1) is 62.1. The number of amides is 10. The molecule has 1 aliphatic carbocycles. The molecule has 1 fully saturated rings. The Bertz CT molecular complexity index is 3430. The number of pyridine rings is 2. The molecule has 2 aromatic carbocycles. The number of carbonyl (C=O) groups is 10. The van der Waals surface area contributed by atoms with Crippen LogP contribution in [-0.4, -0.2) is 130 Å². The third-order valence-electron chi connectivity index (χ3n) is 15.5. The minimum absolute atomic E-state index is 0.0100. The highest BCUT2D eigenvalue weighted by molar-refractivity contribution is 6.06. The molecule has 85 heavy (non-hydrogen) atoms. The molecule has 10 N–H and O–H groups in total. The van der Waals surface area contributed by atoms with Gasteiger partial charge < -0.3 is 66.8 Å². The topological polar surface area (TPSA) is 367 Å². The molecule has 1 saturated heterocycles. The summed E-state index contributed by atoms with van der Waals surface area (Å²) in [7, 11) is 1.42. The summed E-state index contributed by atoms with van der Waals surface area (Å²) in [4.78, 5) is 150. The van der Waals surface area contributed by atoms with Crippen molar-refractivity contribution >= 4 is 76.0 Å². The molecule has 454 valence electrons. The Hall–Kier alpha value is -8.92. The summed E-state index contributed by atoms with van der Waals surface area (Å²) in [5.74, 6) is -9.08. The molecule has 8 rings (SSSR count). The number of halogens is 2. The molecule has 10 amide bonds. The molecule has 1 unspecified atom stereocenters. The lowest BCUT2D eigenvalue weighted by molar-refractivity contribution is -0.172. The lowest BCUT2D eigenvalue weighted by atomic mass is 9.83.